The maximum absolute atomic E-state index is 6.13. The van der Waals surface area contributed by atoms with Crippen LogP contribution in [0.4, 0.5) is 5.69 Å². The van der Waals surface area contributed by atoms with Crippen LogP contribution < -0.4 is 16.2 Å². The van der Waals surface area contributed by atoms with E-state index in [1.165, 1.54) is 0 Å². The molecule has 0 saturated heterocycles. The van der Waals surface area contributed by atoms with Gasteiger partial charge in [-0.15, -0.1) is 19.7 Å². The summed E-state index contributed by atoms with van der Waals surface area (Å²) in [5.74, 6) is 0. The zero-order chi connectivity index (χ0) is 14.8. The topological polar surface area (TPSA) is 41.3 Å². The average molecular weight is 271 g/mol. The standard InChI is InChI=1S/C17H25N3/c1-4-7-12-19-20(13-6-3)16-11-8-10-15(14-16)17(18)9-5-2/h4-6,8,10-11,14,17,19H,1-3,7,9,12-13,18H2. The number of nitrogens with one attached hydrogen (secondary N) is 1. The van der Waals surface area contributed by atoms with Crippen molar-refractivity contribution in [3.63, 3.8) is 0 Å². The number of hydrazine groups is 1. The molecule has 0 saturated carbocycles. The lowest BCUT2D eigenvalue weighted by atomic mass is 10.0. The summed E-state index contributed by atoms with van der Waals surface area (Å²) in [5.41, 5.74) is 11.7. The second-order valence-corrected chi connectivity index (χ2v) is 4.61. The molecule has 0 aliphatic heterocycles. The molecule has 3 heteroatoms. The van der Waals surface area contributed by atoms with Gasteiger partial charge in [-0.3, -0.25) is 0 Å². The van der Waals surface area contributed by atoms with Crippen LogP contribution in [0, 0.1) is 0 Å². The summed E-state index contributed by atoms with van der Waals surface area (Å²) >= 11 is 0. The molecule has 0 aliphatic carbocycles. The fraction of sp³-hybridized carbons (Fsp3) is 0.294. The van der Waals surface area contributed by atoms with Gasteiger partial charge in [0.1, 0.15) is 0 Å². The highest BCUT2D eigenvalue weighted by atomic mass is 15.5. The third kappa shape index (κ3) is 5.03. The highest BCUT2D eigenvalue weighted by Gasteiger charge is 2.08. The Bertz CT molecular complexity index is 440. The molecule has 1 aromatic rings. The van der Waals surface area contributed by atoms with Crippen LogP contribution >= 0.6 is 0 Å². The average Bonchev–Trinajstić information content (AvgIpc) is 2.47. The highest BCUT2D eigenvalue weighted by molar-refractivity contribution is 5.48. The SMILES string of the molecule is C=CCCNN(CC=C)c1cccc(C(N)CC=C)c1. The quantitative estimate of drug-likeness (QED) is 0.389. The molecule has 0 bridgehead atoms. The number of anilines is 1. The molecule has 108 valence electrons. The van der Waals surface area contributed by atoms with Crippen LogP contribution in [0.5, 0.6) is 0 Å². The molecule has 1 rings (SSSR count). The largest absolute Gasteiger partial charge is 0.324 e. The van der Waals surface area contributed by atoms with Gasteiger partial charge >= 0.3 is 0 Å². The van der Waals surface area contributed by atoms with Gasteiger partial charge in [-0.2, -0.15) is 0 Å². The van der Waals surface area contributed by atoms with Crippen molar-refractivity contribution in [1.29, 1.82) is 0 Å². The van der Waals surface area contributed by atoms with Gasteiger partial charge in [0.15, 0.2) is 0 Å². The number of rotatable bonds is 10. The molecule has 1 aromatic carbocycles. The van der Waals surface area contributed by atoms with Crippen molar-refractivity contribution in [2.45, 2.75) is 18.9 Å². The number of nitrogens with two attached hydrogens (primary N) is 1. The Labute approximate surface area is 122 Å². The van der Waals surface area contributed by atoms with E-state index in [4.69, 9.17) is 5.73 Å². The predicted octanol–water partition coefficient (Wildman–Crippen LogP) is 3.34. The smallest absolute Gasteiger partial charge is 0.0526 e. The monoisotopic (exact) mass is 271 g/mol. The molecule has 0 amide bonds. The van der Waals surface area contributed by atoms with E-state index in [0.717, 1.165) is 37.2 Å². The van der Waals surface area contributed by atoms with Gasteiger partial charge in [-0.25, -0.2) is 5.43 Å². The molecule has 0 aliphatic rings. The van der Waals surface area contributed by atoms with E-state index < -0.39 is 0 Å². The number of hydrogen-bond acceptors (Lipinski definition) is 3. The van der Waals surface area contributed by atoms with Gasteiger partial charge < -0.3 is 10.7 Å². The first-order valence-electron chi connectivity index (χ1n) is 6.92. The van der Waals surface area contributed by atoms with Crippen LogP contribution in [-0.2, 0) is 0 Å². The first-order valence-corrected chi connectivity index (χ1v) is 6.92. The van der Waals surface area contributed by atoms with Gasteiger partial charge in [0.2, 0.25) is 0 Å². The van der Waals surface area contributed by atoms with Gasteiger partial charge in [0.25, 0.3) is 0 Å². The fourth-order valence-electron chi connectivity index (χ4n) is 1.93. The Balaban J connectivity index is 2.83. The molecule has 0 heterocycles. The van der Waals surface area contributed by atoms with Gasteiger partial charge in [0.05, 0.1) is 12.2 Å². The zero-order valence-electron chi connectivity index (χ0n) is 12.1. The second kappa shape index (κ2) is 9.13. The Kier molecular flexibility index (Phi) is 7.40. The van der Waals surface area contributed by atoms with Crippen LogP contribution in [0.2, 0.25) is 0 Å². The third-order valence-electron chi connectivity index (χ3n) is 2.99. The third-order valence-corrected chi connectivity index (χ3v) is 2.99. The number of hydrogen-bond donors (Lipinski definition) is 2. The minimum absolute atomic E-state index is 0.00814. The number of benzene rings is 1. The van der Waals surface area contributed by atoms with E-state index in [0.29, 0.717) is 0 Å². The predicted molar refractivity (Wildman–Crippen MR) is 88.5 cm³/mol. The van der Waals surface area contributed by atoms with Crippen molar-refractivity contribution in [3.8, 4) is 0 Å². The minimum Gasteiger partial charge on any atom is -0.324 e. The van der Waals surface area contributed by atoms with Gasteiger partial charge in [0, 0.05) is 12.6 Å². The zero-order valence-corrected chi connectivity index (χ0v) is 12.1. The lowest BCUT2D eigenvalue weighted by Gasteiger charge is -2.25. The first kappa shape index (κ1) is 16.2. The molecule has 20 heavy (non-hydrogen) atoms. The normalized spacial score (nSPS) is 11.7. The summed E-state index contributed by atoms with van der Waals surface area (Å²) in [5, 5.41) is 2.07. The van der Waals surface area contributed by atoms with Crippen LogP contribution in [0.1, 0.15) is 24.4 Å². The highest BCUT2D eigenvalue weighted by Crippen LogP contribution is 2.20. The van der Waals surface area contributed by atoms with Crippen LogP contribution in [0.25, 0.3) is 0 Å². The summed E-state index contributed by atoms with van der Waals surface area (Å²) in [4.78, 5) is 0. The maximum Gasteiger partial charge on any atom is 0.0526 e. The van der Waals surface area contributed by atoms with E-state index in [1.54, 1.807) is 0 Å². The summed E-state index contributed by atoms with van der Waals surface area (Å²) < 4.78 is 0. The Hall–Kier alpha value is -1.84. The molecule has 3 N–H and O–H groups in total. The van der Waals surface area contributed by atoms with Gasteiger partial charge in [-0.05, 0) is 30.5 Å². The molecule has 3 nitrogen and oxygen atoms in total. The van der Waals surface area contributed by atoms with Crippen molar-refractivity contribution in [2.75, 3.05) is 18.1 Å². The Morgan fingerprint density at radius 2 is 2.00 bits per heavy atom. The van der Waals surface area contributed by atoms with E-state index in [1.807, 2.05) is 30.4 Å². The van der Waals surface area contributed by atoms with E-state index >= 15 is 0 Å². The van der Waals surface area contributed by atoms with Crippen LogP contribution in [0.3, 0.4) is 0 Å². The van der Waals surface area contributed by atoms with Crippen LogP contribution in [-0.4, -0.2) is 13.1 Å². The van der Waals surface area contributed by atoms with E-state index in [9.17, 15) is 0 Å². The lowest BCUT2D eigenvalue weighted by molar-refractivity contribution is 0.655. The molecular formula is C17H25N3. The lowest BCUT2D eigenvalue weighted by Crippen LogP contribution is -2.38. The van der Waals surface area contributed by atoms with Crippen molar-refractivity contribution in [1.82, 2.24) is 5.43 Å². The van der Waals surface area contributed by atoms with Crippen molar-refractivity contribution < 1.29 is 0 Å². The molecule has 1 atom stereocenters. The van der Waals surface area contributed by atoms with E-state index in [2.05, 4.69) is 42.3 Å². The minimum atomic E-state index is -0.00814. The fourth-order valence-corrected chi connectivity index (χ4v) is 1.93. The summed E-state index contributed by atoms with van der Waals surface area (Å²) in [6.07, 6.45) is 7.31. The van der Waals surface area contributed by atoms with Crippen molar-refractivity contribution in [2.24, 2.45) is 5.73 Å². The van der Waals surface area contributed by atoms with Gasteiger partial charge in [-0.1, -0.05) is 30.4 Å². The Morgan fingerprint density at radius 3 is 2.65 bits per heavy atom. The molecule has 1 unspecified atom stereocenters. The first-order chi connectivity index (χ1) is 9.72. The summed E-state index contributed by atoms with van der Waals surface area (Å²) in [7, 11) is 0. The number of nitrogens with zero attached hydrogens (tertiary/aromatic N) is 1. The van der Waals surface area contributed by atoms with E-state index in [-0.39, 0.29) is 6.04 Å². The molecule has 0 radical (unpaired) electrons. The maximum atomic E-state index is 6.13. The molecule has 0 aromatic heterocycles. The van der Waals surface area contributed by atoms with Crippen LogP contribution in [0.15, 0.2) is 62.2 Å². The van der Waals surface area contributed by atoms with Crippen molar-refractivity contribution >= 4 is 5.69 Å². The molecule has 0 fully saturated rings. The molecule has 0 spiro atoms. The van der Waals surface area contributed by atoms with Crippen molar-refractivity contribution in [3.05, 3.63) is 67.8 Å². The summed E-state index contributed by atoms with van der Waals surface area (Å²) in [6.45, 7) is 12.8. The second-order valence-electron chi connectivity index (χ2n) is 4.61. The molecular weight excluding hydrogens is 246 g/mol. The summed E-state index contributed by atoms with van der Waals surface area (Å²) in [6, 6.07) is 8.24. The Morgan fingerprint density at radius 1 is 1.20 bits per heavy atom.